The molecule has 5 nitrogen and oxygen atoms in total. The Morgan fingerprint density at radius 2 is 2.08 bits per heavy atom. The highest BCUT2D eigenvalue weighted by molar-refractivity contribution is 5.94. The summed E-state index contributed by atoms with van der Waals surface area (Å²) in [4.78, 5) is 19.5. The molecule has 5 heteroatoms. The highest BCUT2D eigenvalue weighted by Gasteiger charge is 2.31. The number of aromatic nitrogens is 3. The van der Waals surface area contributed by atoms with Crippen LogP contribution >= 0.6 is 0 Å². The normalized spacial score (nSPS) is 17.0. The van der Waals surface area contributed by atoms with Crippen LogP contribution in [-0.4, -0.2) is 32.1 Å². The standard InChI is InChI=1S/C20H20N4O/c25-20(24-13-4-9-19(24)18-8-1-2-10-21-18)17-7-3-6-16(14-17)15-23-12-5-11-22-23/h1-3,5-8,10-12,14,19H,4,9,13,15H2/t19-/m1/s1. The second-order valence-corrected chi connectivity index (χ2v) is 6.32. The van der Waals surface area contributed by atoms with E-state index >= 15 is 0 Å². The molecule has 1 aromatic carbocycles. The second kappa shape index (κ2) is 6.89. The fourth-order valence-corrected chi connectivity index (χ4v) is 3.44. The maximum atomic E-state index is 13.1. The summed E-state index contributed by atoms with van der Waals surface area (Å²) >= 11 is 0. The Morgan fingerprint density at radius 3 is 2.88 bits per heavy atom. The third kappa shape index (κ3) is 3.31. The van der Waals surface area contributed by atoms with Gasteiger partial charge in [0.15, 0.2) is 0 Å². The van der Waals surface area contributed by atoms with Gasteiger partial charge in [0.2, 0.25) is 0 Å². The third-order valence-corrected chi connectivity index (χ3v) is 4.62. The Kier molecular flexibility index (Phi) is 4.29. The molecule has 3 aromatic rings. The summed E-state index contributed by atoms with van der Waals surface area (Å²) in [5.41, 5.74) is 2.77. The van der Waals surface area contributed by atoms with Crippen LogP contribution in [0.1, 0.15) is 40.5 Å². The summed E-state index contributed by atoms with van der Waals surface area (Å²) in [6.45, 7) is 1.45. The Morgan fingerprint density at radius 1 is 1.12 bits per heavy atom. The van der Waals surface area contributed by atoms with E-state index in [1.54, 1.807) is 12.4 Å². The molecule has 0 aliphatic carbocycles. The molecular weight excluding hydrogens is 312 g/mol. The van der Waals surface area contributed by atoms with E-state index in [1.165, 1.54) is 0 Å². The van der Waals surface area contributed by atoms with E-state index in [0.717, 1.165) is 36.2 Å². The van der Waals surface area contributed by atoms with Crippen LogP contribution in [0.15, 0.2) is 67.1 Å². The van der Waals surface area contributed by atoms with Crippen molar-refractivity contribution in [2.75, 3.05) is 6.54 Å². The number of hydrogen-bond acceptors (Lipinski definition) is 3. The predicted molar refractivity (Wildman–Crippen MR) is 95.0 cm³/mol. The minimum Gasteiger partial charge on any atom is -0.330 e. The molecular formula is C20H20N4O. The van der Waals surface area contributed by atoms with E-state index in [-0.39, 0.29) is 11.9 Å². The molecule has 0 radical (unpaired) electrons. The molecule has 1 fully saturated rings. The van der Waals surface area contributed by atoms with Crippen LogP contribution in [0.2, 0.25) is 0 Å². The molecule has 4 rings (SSSR count). The first-order valence-corrected chi connectivity index (χ1v) is 8.59. The number of carbonyl (C=O) groups excluding carboxylic acids is 1. The summed E-state index contributed by atoms with van der Waals surface area (Å²) in [7, 11) is 0. The summed E-state index contributed by atoms with van der Waals surface area (Å²) in [6, 6.07) is 15.7. The Hall–Kier alpha value is -2.95. The average molecular weight is 332 g/mol. The van der Waals surface area contributed by atoms with Crippen LogP contribution in [0.3, 0.4) is 0 Å². The van der Waals surface area contributed by atoms with E-state index in [4.69, 9.17) is 0 Å². The molecule has 0 bridgehead atoms. The summed E-state index contributed by atoms with van der Waals surface area (Å²) in [6.07, 6.45) is 7.46. The molecule has 1 aliphatic rings. The monoisotopic (exact) mass is 332 g/mol. The van der Waals surface area contributed by atoms with Gasteiger partial charge in [0.1, 0.15) is 0 Å². The number of nitrogens with zero attached hydrogens (tertiary/aromatic N) is 4. The number of pyridine rings is 1. The molecule has 25 heavy (non-hydrogen) atoms. The number of amides is 1. The quantitative estimate of drug-likeness (QED) is 0.736. The summed E-state index contributed by atoms with van der Waals surface area (Å²) in [5.74, 6) is 0.0791. The van der Waals surface area contributed by atoms with Crippen LogP contribution in [-0.2, 0) is 6.54 Å². The molecule has 126 valence electrons. The smallest absolute Gasteiger partial charge is 0.254 e. The zero-order valence-corrected chi connectivity index (χ0v) is 14.0. The van der Waals surface area contributed by atoms with Gasteiger partial charge in [-0.1, -0.05) is 18.2 Å². The summed E-state index contributed by atoms with van der Waals surface area (Å²) in [5, 5.41) is 4.23. The van der Waals surface area contributed by atoms with Gasteiger partial charge in [-0.3, -0.25) is 14.5 Å². The van der Waals surface area contributed by atoms with Gasteiger partial charge in [-0.15, -0.1) is 0 Å². The van der Waals surface area contributed by atoms with Crippen LogP contribution in [0.4, 0.5) is 0 Å². The zero-order valence-electron chi connectivity index (χ0n) is 14.0. The first-order chi connectivity index (χ1) is 12.3. The SMILES string of the molecule is O=C(c1cccc(Cn2cccn2)c1)N1CCC[C@@H]1c1ccccn1. The average Bonchev–Trinajstić information content (AvgIpc) is 3.34. The van der Waals surface area contributed by atoms with Gasteiger partial charge in [-0.2, -0.15) is 5.10 Å². The minimum absolute atomic E-state index is 0.0727. The molecule has 0 N–H and O–H groups in total. The number of hydrogen-bond donors (Lipinski definition) is 0. The zero-order chi connectivity index (χ0) is 17.1. The fourth-order valence-electron chi connectivity index (χ4n) is 3.44. The minimum atomic E-state index is 0.0727. The number of likely N-dealkylation sites (tertiary alicyclic amines) is 1. The van der Waals surface area contributed by atoms with Crippen LogP contribution in [0, 0.1) is 0 Å². The van der Waals surface area contributed by atoms with Crippen molar-refractivity contribution in [3.05, 3.63) is 83.9 Å². The van der Waals surface area contributed by atoms with E-state index in [9.17, 15) is 4.79 Å². The van der Waals surface area contributed by atoms with E-state index in [1.807, 2.05) is 64.3 Å². The van der Waals surface area contributed by atoms with Gasteiger partial charge in [0.05, 0.1) is 18.3 Å². The van der Waals surface area contributed by atoms with Gasteiger partial charge in [0.25, 0.3) is 5.91 Å². The fraction of sp³-hybridized carbons (Fsp3) is 0.250. The van der Waals surface area contributed by atoms with Crippen LogP contribution in [0.25, 0.3) is 0 Å². The highest BCUT2D eigenvalue weighted by atomic mass is 16.2. The lowest BCUT2D eigenvalue weighted by Crippen LogP contribution is -2.31. The number of rotatable bonds is 4. The van der Waals surface area contributed by atoms with Gasteiger partial charge in [-0.05, 0) is 48.7 Å². The van der Waals surface area contributed by atoms with E-state index in [0.29, 0.717) is 6.54 Å². The number of carbonyl (C=O) groups is 1. The molecule has 1 saturated heterocycles. The molecule has 1 atom stereocenters. The Bertz CT molecular complexity index is 845. The first-order valence-electron chi connectivity index (χ1n) is 8.59. The molecule has 0 unspecified atom stereocenters. The van der Waals surface area contributed by atoms with Crippen LogP contribution < -0.4 is 0 Å². The van der Waals surface area contributed by atoms with Gasteiger partial charge >= 0.3 is 0 Å². The van der Waals surface area contributed by atoms with Crippen LogP contribution in [0.5, 0.6) is 0 Å². The topological polar surface area (TPSA) is 51.0 Å². The van der Waals surface area contributed by atoms with Crippen molar-refractivity contribution in [1.29, 1.82) is 0 Å². The van der Waals surface area contributed by atoms with Crippen molar-refractivity contribution in [3.8, 4) is 0 Å². The van der Waals surface area contributed by atoms with Crippen molar-refractivity contribution in [2.24, 2.45) is 0 Å². The lowest BCUT2D eigenvalue weighted by molar-refractivity contribution is 0.0733. The molecule has 0 saturated carbocycles. The maximum Gasteiger partial charge on any atom is 0.254 e. The lowest BCUT2D eigenvalue weighted by atomic mass is 10.1. The van der Waals surface area contributed by atoms with E-state index < -0.39 is 0 Å². The molecule has 2 aromatic heterocycles. The molecule has 3 heterocycles. The Labute approximate surface area is 146 Å². The Balaban J connectivity index is 1.56. The number of benzene rings is 1. The second-order valence-electron chi connectivity index (χ2n) is 6.32. The maximum absolute atomic E-state index is 13.1. The van der Waals surface area contributed by atoms with Crippen molar-refractivity contribution < 1.29 is 4.79 Å². The molecule has 1 amide bonds. The third-order valence-electron chi connectivity index (χ3n) is 4.62. The lowest BCUT2D eigenvalue weighted by Gasteiger charge is -2.24. The highest BCUT2D eigenvalue weighted by Crippen LogP contribution is 2.32. The predicted octanol–water partition coefficient (Wildman–Crippen LogP) is 3.30. The van der Waals surface area contributed by atoms with E-state index in [2.05, 4.69) is 10.1 Å². The van der Waals surface area contributed by atoms with Crippen molar-refractivity contribution >= 4 is 5.91 Å². The van der Waals surface area contributed by atoms with Gasteiger partial charge < -0.3 is 4.90 Å². The molecule has 1 aliphatic heterocycles. The summed E-state index contributed by atoms with van der Waals surface area (Å²) < 4.78 is 1.86. The van der Waals surface area contributed by atoms with Gasteiger partial charge in [0, 0.05) is 30.7 Å². The first kappa shape index (κ1) is 15.6. The van der Waals surface area contributed by atoms with Crippen molar-refractivity contribution in [3.63, 3.8) is 0 Å². The molecule has 0 spiro atoms. The van der Waals surface area contributed by atoms with Gasteiger partial charge in [-0.25, -0.2) is 0 Å². The van der Waals surface area contributed by atoms with Crippen molar-refractivity contribution in [1.82, 2.24) is 19.7 Å². The largest absolute Gasteiger partial charge is 0.330 e. The van der Waals surface area contributed by atoms with Crippen molar-refractivity contribution in [2.45, 2.75) is 25.4 Å².